The second kappa shape index (κ2) is 5.60. The Bertz CT molecular complexity index is 86.9. The number of amidine groups is 1. The first-order chi connectivity index (χ1) is 4.35. The SMILES string of the molecule is CC/N=C(\CC)NCC. The number of nitrogens with one attached hydrogen (secondary N) is 1. The van der Waals surface area contributed by atoms with Gasteiger partial charge in [-0.1, -0.05) is 6.92 Å². The Hall–Kier alpha value is -0.530. The zero-order valence-electron chi connectivity index (χ0n) is 6.57. The van der Waals surface area contributed by atoms with Crippen molar-refractivity contribution in [3.05, 3.63) is 0 Å². The summed E-state index contributed by atoms with van der Waals surface area (Å²) in [5, 5.41) is 3.18. The Labute approximate surface area is 57.4 Å². The molecule has 0 aromatic rings. The number of hydrogen-bond acceptors (Lipinski definition) is 1. The average molecular weight is 128 g/mol. The van der Waals surface area contributed by atoms with Crippen LogP contribution in [0.5, 0.6) is 0 Å². The molecule has 0 rings (SSSR count). The summed E-state index contributed by atoms with van der Waals surface area (Å²) < 4.78 is 0. The smallest absolute Gasteiger partial charge is 0.0960 e. The molecular formula is C7H16N2. The molecule has 0 aliphatic heterocycles. The molecule has 0 fully saturated rings. The van der Waals surface area contributed by atoms with E-state index < -0.39 is 0 Å². The number of hydrogen-bond donors (Lipinski definition) is 1. The van der Waals surface area contributed by atoms with Crippen LogP contribution in [0.1, 0.15) is 27.2 Å². The van der Waals surface area contributed by atoms with Crippen LogP contribution in [0.4, 0.5) is 0 Å². The molecule has 0 aliphatic rings. The third-order valence-corrected chi connectivity index (χ3v) is 1.06. The Morgan fingerprint density at radius 1 is 1.33 bits per heavy atom. The van der Waals surface area contributed by atoms with Crippen molar-refractivity contribution in [3.63, 3.8) is 0 Å². The fraction of sp³-hybridized carbons (Fsp3) is 0.857. The van der Waals surface area contributed by atoms with Crippen molar-refractivity contribution in [2.45, 2.75) is 27.2 Å². The zero-order chi connectivity index (χ0) is 7.11. The lowest BCUT2D eigenvalue weighted by Crippen LogP contribution is -2.22. The van der Waals surface area contributed by atoms with E-state index in [1.807, 2.05) is 6.92 Å². The van der Waals surface area contributed by atoms with Gasteiger partial charge in [-0.15, -0.1) is 0 Å². The molecule has 0 aromatic heterocycles. The van der Waals surface area contributed by atoms with E-state index in [-0.39, 0.29) is 0 Å². The van der Waals surface area contributed by atoms with Crippen molar-refractivity contribution in [2.75, 3.05) is 13.1 Å². The summed E-state index contributed by atoms with van der Waals surface area (Å²) in [6.45, 7) is 8.10. The summed E-state index contributed by atoms with van der Waals surface area (Å²) in [7, 11) is 0. The second-order valence-electron chi connectivity index (χ2n) is 1.80. The van der Waals surface area contributed by atoms with Gasteiger partial charge in [0.1, 0.15) is 0 Å². The molecule has 1 N–H and O–H groups in total. The highest BCUT2D eigenvalue weighted by Crippen LogP contribution is 1.80. The lowest BCUT2D eigenvalue weighted by Gasteiger charge is -2.02. The second-order valence-corrected chi connectivity index (χ2v) is 1.80. The van der Waals surface area contributed by atoms with Gasteiger partial charge in [-0.2, -0.15) is 0 Å². The van der Waals surface area contributed by atoms with Gasteiger partial charge >= 0.3 is 0 Å². The quantitative estimate of drug-likeness (QED) is 0.451. The van der Waals surface area contributed by atoms with Crippen LogP contribution in [-0.4, -0.2) is 18.9 Å². The summed E-state index contributed by atoms with van der Waals surface area (Å²) in [4.78, 5) is 4.24. The largest absolute Gasteiger partial charge is 0.374 e. The molecule has 0 saturated heterocycles. The summed E-state index contributed by atoms with van der Waals surface area (Å²) >= 11 is 0. The molecule has 2 heteroatoms. The number of aliphatic imine (C=N–C) groups is 1. The van der Waals surface area contributed by atoms with E-state index in [1.165, 1.54) is 0 Å². The van der Waals surface area contributed by atoms with Crippen molar-refractivity contribution >= 4 is 5.84 Å². The molecule has 2 nitrogen and oxygen atoms in total. The van der Waals surface area contributed by atoms with Crippen molar-refractivity contribution in [3.8, 4) is 0 Å². The van der Waals surface area contributed by atoms with Crippen LogP contribution in [0.15, 0.2) is 4.99 Å². The standard InChI is InChI=1S/C7H16N2/c1-4-7(8-5-2)9-6-3/h4-6H2,1-3H3,(H,8,9). The van der Waals surface area contributed by atoms with E-state index in [1.54, 1.807) is 0 Å². The maximum Gasteiger partial charge on any atom is 0.0960 e. The maximum absolute atomic E-state index is 4.24. The molecule has 0 heterocycles. The topological polar surface area (TPSA) is 24.4 Å². The molecule has 0 aliphatic carbocycles. The molecule has 0 atom stereocenters. The van der Waals surface area contributed by atoms with Gasteiger partial charge in [0, 0.05) is 19.5 Å². The first-order valence-electron chi connectivity index (χ1n) is 3.62. The lowest BCUT2D eigenvalue weighted by molar-refractivity contribution is 0.916. The molecule has 0 aromatic carbocycles. The van der Waals surface area contributed by atoms with Crippen LogP contribution in [0.2, 0.25) is 0 Å². The van der Waals surface area contributed by atoms with Crippen LogP contribution < -0.4 is 5.32 Å². The van der Waals surface area contributed by atoms with E-state index in [0.29, 0.717) is 0 Å². The first kappa shape index (κ1) is 8.47. The van der Waals surface area contributed by atoms with Crippen LogP contribution in [0, 0.1) is 0 Å². The van der Waals surface area contributed by atoms with Crippen molar-refractivity contribution in [2.24, 2.45) is 4.99 Å². The predicted molar refractivity (Wildman–Crippen MR) is 41.9 cm³/mol. The van der Waals surface area contributed by atoms with Gasteiger partial charge < -0.3 is 5.32 Å². The molecule has 0 unspecified atom stereocenters. The van der Waals surface area contributed by atoms with E-state index in [4.69, 9.17) is 0 Å². The third-order valence-electron chi connectivity index (χ3n) is 1.06. The van der Waals surface area contributed by atoms with Crippen LogP contribution in [0.3, 0.4) is 0 Å². The number of nitrogens with zero attached hydrogens (tertiary/aromatic N) is 1. The summed E-state index contributed by atoms with van der Waals surface area (Å²) in [5.41, 5.74) is 0. The lowest BCUT2D eigenvalue weighted by atomic mass is 10.4. The van der Waals surface area contributed by atoms with Gasteiger partial charge in [-0.25, -0.2) is 0 Å². The number of rotatable bonds is 3. The van der Waals surface area contributed by atoms with Crippen molar-refractivity contribution in [1.29, 1.82) is 0 Å². The summed E-state index contributed by atoms with van der Waals surface area (Å²) in [6.07, 6.45) is 1.02. The highest BCUT2D eigenvalue weighted by Gasteiger charge is 1.87. The molecular weight excluding hydrogens is 112 g/mol. The van der Waals surface area contributed by atoms with Gasteiger partial charge in [-0.3, -0.25) is 4.99 Å². The predicted octanol–water partition coefficient (Wildman–Crippen LogP) is 1.42. The molecule has 9 heavy (non-hydrogen) atoms. The monoisotopic (exact) mass is 128 g/mol. The first-order valence-corrected chi connectivity index (χ1v) is 3.62. The van der Waals surface area contributed by atoms with Gasteiger partial charge in [0.2, 0.25) is 0 Å². The van der Waals surface area contributed by atoms with Crippen LogP contribution >= 0.6 is 0 Å². The molecule has 0 spiro atoms. The fourth-order valence-corrected chi connectivity index (χ4v) is 0.688. The van der Waals surface area contributed by atoms with E-state index in [2.05, 4.69) is 24.2 Å². The van der Waals surface area contributed by atoms with E-state index in [0.717, 1.165) is 25.3 Å². The Morgan fingerprint density at radius 2 is 2.00 bits per heavy atom. The highest BCUT2D eigenvalue weighted by atomic mass is 15.0. The van der Waals surface area contributed by atoms with Gasteiger partial charge in [0.15, 0.2) is 0 Å². The van der Waals surface area contributed by atoms with Crippen molar-refractivity contribution < 1.29 is 0 Å². The maximum atomic E-state index is 4.24. The normalized spacial score (nSPS) is 11.7. The summed E-state index contributed by atoms with van der Waals surface area (Å²) in [5.74, 6) is 1.12. The van der Waals surface area contributed by atoms with Crippen LogP contribution in [0.25, 0.3) is 0 Å². The molecule has 0 bridgehead atoms. The zero-order valence-corrected chi connectivity index (χ0v) is 6.57. The molecule has 0 saturated carbocycles. The molecule has 0 radical (unpaired) electrons. The van der Waals surface area contributed by atoms with E-state index >= 15 is 0 Å². The Kier molecular flexibility index (Phi) is 5.27. The van der Waals surface area contributed by atoms with Gasteiger partial charge in [0.25, 0.3) is 0 Å². The van der Waals surface area contributed by atoms with E-state index in [9.17, 15) is 0 Å². The van der Waals surface area contributed by atoms with Gasteiger partial charge in [-0.05, 0) is 13.8 Å². The van der Waals surface area contributed by atoms with Crippen LogP contribution in [-0.2, 0) is 0 Å². The third kappa shape index (κ3) is 4.01. The average Bonchev–Trinajstić information content (AvgIpc) is 1.88. The Balaban J connectivity index is 3.53. The minimum absolute atomic E-state index is 0.885. The Morgan fingerprint density at radius 3 is 2.33 bits per heavy atom. The minimum Gasteiger partial charge on any atom is -0.374 e. The summed E-state index contributed by atoms with van der Waals surface area (Å²) in [6, 6.07) is 0. The molecule has 0 amide bonds. The molecule has 54 valence electrons. The highest BCUT2D eigenvalue weighted by molar-refractivity contribution is 5.81. The fourth-order valence-electron chi connectivity index (χ4n) is 0.688. The minimum atomic E-state index is 0.885. The van der Waals surface area contributed by atoms with Gasteiger partial charge in [0.05, 0.1) is 5.84 Å². The van der Waals surface area contributed by atoms with Crippen molar-refractivity contribution in [1.82, 2.24) is 5.32 Å².